The summed E-state index contributed by atoms with van der Waals surface area (Å²) < 4.78 is 5.18. The Morgan fingerprint density at radius 2 is 1.88 bits per heavy atom. The van der Waals surface area contributed by atoms with Crippen molar-refractivity contribution in [1.82, 2.24) is 10.3 Å². The Labute approximate surface area is 145 Å². The highest BCUT2D eigenvalue weighted by Crippen LogP contribution is 2.14. The van der Waals surface area contributed by atoms with Crippen LogP contribution in [0, 0.1) is 6.92 Å². The molecule has 2 N–H and O–H groups in total. The second-order valence-corrected chi connectivity index (χ2v) is 5.94. The Hall–Kier alpha value is -3.08. The first-order valence-electron chi connectivity index (χ1n) is 8.19. The monoisotopic (exact) mass is 336 g/mol. The van der Waals surface area contributed by atoms with Crippen LogP contribution < -0.4 is 10.9 Å². The molecule has 0 unspecified atom stereocenters. The number of aromatic nitrogens is 1. The molecule has 0 saturated carbocycles. The van der Waals surface area contributed by atoms with Crippen LogP contribution >= 0.6 is 0 Å². The van der Waals surface area contributed by atoms with Crippen LogP contribution in [-0.4, -0.2) is 17.6 Å². The Morgan fingerprint density at radius 1 is 1.08 bits per heavy atom. The van der Waals surface area contributed by atoms with Crippen LogP contribution in [0.25, 0.3) is 10.9 Å². The smallest absolute Gasteiger partial charge is 0.407 e. The van der Waals surface area contributed by atoms with Gasteiger partial charge in [-0.15, -0.1) is 0 Å². The zero-order valence-electron chi connectivity index (χ0n) is 14.0. The number of fused-ring (bicyclic) bond motifs is 1. The molecule has 2 aromatic carbocycles. The molecule has 0 bridgehead atoms. The van der Waals surface area contributed by atoms with E-state index < -0.39 is 6.09 Å². The van der Waals surface area contributed by atoms with Gasteiger partial charge in [0.2, 0.25) is 0 Å². The minimum atomic E-state index is -0.426. The number of H-pyrrole nitrogens is 1. The van der Waals surface area contributed by atoms with Gasteiger partial charge in [0, 0.05) is 17.6 Å². The number of carbonyl (C=O) groups excluding carboxylic acids is 1. The van der Waals surface area contributed by atoms with Crippen molar-refractivity contribution in [3.05, 3.63) is 81.6 Å². The zero-order chi connectivity index (χ0) is 17.6. The van der Waals surface area contributed by atoms with Gasteiger partial charge in [-0.25, -0.2) is 4.79 Å². The lowest BCUT2D eigenvalue weighted by molar-refractivity contribution is 0.140. The Kier molecular flexibility index (Phi) is 5.14. The van der Waals surface area contributed by atoms with Gasteiger partial charge in [0.25, 0.3) is 5.56 Å². The van der Waals surface area contributed by atoms with Crippen molar-refractivity contribution >= 4 is 17.0 Å². The molecule has 0 saturated heterocycles. The molecule has 3 rings (SSSR count). The third kappa shape index (κ3) is 4.47. The van der Waals surface area contributed by atoms with Crippen molar-refractivity contribution < 1.29 is 9.53 Å². The van der Waals surface area contributed by atoms with Crippen LogP contribution in [0.3, 0.4) is 0 Å². The van der Waals surface area contributed by atoms with Crippen LogP contribution in [0.5, 0.6) is 0 Å². The quantitative estimate of drug-likeness (QED) is 0.751. The highest BCUT2D eigenvalue weighted by Gasteiger charge is 2.04. The van der Waals surface area contributed by atoms with Gasteiger partial charge in [0.1, 0.15) is 6.61 Å². The highest BCUT2D eigenvalue weighted by molar-refractivity contribution is 5.79. The molecule has 25 heavy (non-hydrogen) atoms. The average molecular weight is 336 g/mol. The number of aryl methyl sites for hydroxylation is 1. The van der Waals surface area contributed by atoms with E-state index >= 15 is 0 Å². The minimum Gasteiger partial charge on any atom is -0.445 e. The number of benzene rings is 2. The maximum atomic E-state index is 11.7. The summed E-state index contributed by atoms with van der Waals surface area (Å²) in [5.74, 6) is 0. The molecule has 5 nitrogen and oxygen atoms in total. The number of aromatic amines is 1. The van der Waals surface area contributed by atoms with E-state index in [-0.39, 0.29) is 12.2 Å². The molecule has 0 radical (unpaired) electrons. The normalized spacial score (nSPS) is 10.6. The van der Waals surface area contributed by atoms with E-state index in [1.54, 1.807) is 6.92 Å². The summed E-state index contributed by atoms with van der Waals surface area (Å²) in [6, 6.07) is 17.3. The van der Waals surface area contributed by atoms with Gasteiger partial charge >= 0.3 is 6.09 Å². The van der Waals surface area contributed by atoms with Crippen LogP contribution in [0.4, 0.5) is 4.79 Å². The van der Waals surface area contributed by atoms with Gasteiger partial charge in [0.05, 0.1) is 0 Å². The Balaban J connectivity index is 1.51. The first-order chi connectivity index (χ1) is 12.1. The van der Waals surface area contributed by atoms with Crippen molar-refractivity contribution in [2.24, 2.45) is 0 Å². The third-order valence-corrected chi connectivity index (χ3v) is 3.99. The molecule has 0 fully saturated rings. The number of ether oxygens (including phenoxy) is 1. The van der Waals surface area contributed by atoms with Crippen molar-refractivity contribution in [3.8, 4) is 0 Å². The molecule has 128 valence electrons. The predicted molar refractivity (Wildman–Crippen MR) is 97.6 cm³/mol. The summed E-state index contributed by atoms with van der Waals surface area (Å²) in [5, 5.41) is 3.74. The fraction of sp³-hybridized carbons (Fsp3) is 0.200. The lowest BCUT2D eigenvalue weighted by atomic mass is 10.1. The van der Waals surface area contributed by atoms with Crippen molar-refractivity contribution in [3.63, 3.8) is 0 Å². The summed E-state index contributed by atoms with van der Waals surface area (Å²) in [6.45, 7) is 2.53. The lowest BCUT2D eigenvalue weighted by Gasteiger charge is -2.08. The van der Waals surface area contributed by atoms with Crippen LogP contribution in [0.1, 0.15) is 16.7 Å². The van der Waals surface area contributed by atoms with Gasteiger partial charge in [-0.3, -0.25) is 4.79 Å². The lowest BCUT2D eigenvalue weighted by Crippen LogP contribution is -2.26. The van der Waals surface area contributed by atoms with Crippen molar-refractivity contribution in [1.29, 1.82) is 0 Å². The van der Waals surface area contributed by atoms with Crippen LogP contribution in [-0.2, 0) is 17.8 Å². The molecule has 0 aliphatic heterocycles. The summed E-state index contributed by atoms with van der Waals surface area (Å²) in [7, 11) is 0. The first-order valence-corrected chi connectivity index (χ1v) is 8.19. The van der Waals surface area contributed by atoms with Gasteiger partial charge in [-0.05, 0) is 48.1 Å². The fourth-order valence-electron chi connectivity index (χ4n) is 2.60. The van der Waals surface area contributed by atoms with E-state index in [0.29, 0.717) is 18.5 Å². The van der Waals surface area contributed by atoms with E-state index in [4.69, 9.17) is 4.74 Å². The molecule has 1 aromatic heterocycles. The number of pyridine rings is 1. The van der Waals surface area contributed by atoms with E-state index in [1.165, 1.54) is 0 Å². The molecular formula is C20H20N2O3. The maximum Gasteiger partial charge on any atom is 0.407 e. The number of hydrogen-bond donors (Lipinski definition) is 2. The fourth-order valence-corrected chi connectivity index (χ4v) is 2.60. The molecule has 1 amide bonds. The number of alkyl carbamates (subject to hydrolysis) is 1. The second kappa shape index (κ2) is 7.66. The van der Waals surface area contributed by atoms with E-state index in [2.05, 4.69) is 10.3 Å². The molecule has 1 heterocycles. The largest absolute Gasteiger partial charge is 0.445 e. The summed E-state index contributed by atoms with van der Waals surface area (Å²) in [6.07, 6.45) is 0.263. The molecular weight excluding hydrogens is 316 g/mol. The number of nitrogens with one attached hydrogen (secondary N) is 2. The van der Waals surface area contributed by atoms with Gasteiger partial charge in [-0.1, -0.05) is 36.4 Å². The van der Waals surface area contributed by atoms with Crippen LogP contribution in [0.15, 0.2) is 59.4 Å². The molecule has 0 atom stereocenters. The SMILES string of the molecule is Cc1cc2cc(CCNC(=O)OCc3ccccc3)ccc2[nH]c1=O. The number of rotatable bonds is 5. The van der Waals surface area contributed by atoms with Gasteiger partial charge in [0.15, 0.2) is 0 Å². The number of carbonyl (C=O) groups is 1. The number of hydrogen-bond acceptors (Lipinski definition) is 3. The molecule has 0 spiro atoms. The number of amides is 1. The topological polar surface area (TPSA) is 71.2 Å². The molecule has 3 aromatic rings. The van der Waals surface area contributed by atoms with E-state index in [9.17, 15) is 9.59 Å². The zero-order valence-corrected chi connectivity index (χ0v) is 14.0. The summed E-state index contributed by atoms with van der Waals surface area (Å²) in [5.41, 5.74) is 3.48. The molecule has 0 aliphatic rings. The van der Waals surface area contributed by atoms with Crippen molar-refractivity contribution in [2.45, 2.75) is 20.0 Å². The second-order valence-electron chi connectivity index (χ2n) is 5.94. The standard InChI is InChI=1S/C20H20N2O3/c1-14-11-17-12-15(7-8-18(17)22-19(14)23)9-10-21-20(24)25-13-16-5-3-2-4-6-16/h2-8,11-12H,9-10,13H2,1H3,(H,21,24)(H,22,23). The predicted octanol–water partition coefficient (Wildman–Crippen LogP) is 3.31. The Morgan fingerprint density at radius 3 is 2.68 bits per heavy atom. The van der Waals surface area contributed by atoms with Gasteiger partial charge < -0.3 is 15.0 Å². The summed E-state index contributed by atoms with van der Waals surface area (Å²) >= 11 is 0. The van der Waals surface area contributed by atoms with Gasteiger partial charge in [-0.2, -0.15) is 0 Å². The Bertz CT molecular complexity index is 933. The third-order valence-electron chi connectivity index (χ3n) is 3.99. The van der Waals surface area contributed by atoms with Crippen LogP contribution in [0.2, 0.25) is 0 Å². The summed E-state index contributed by atoms with van der Waals surface area (Å²) in [4.78, 5) is 26.2. The maximum absolute atomic E-state index is 11.7. The minimum absolute atomic E-state index is 0.0666. The molecule has 0 aliphatic carbocycles. The molecule has 5 heteroatoms. The average Bonchev–Trinajstić information content (AvgIpc) is 2.62. The van der Waals surface area contributed by atoms with Crippen molar-refractivity contribution in [2.75, 3.05) is 6.54 Å². The highest BCUT2D eigenvalue weighted by atomic mass is 16.5. The first kappa shape index (κ1) is 16.8. The van der Waals surface area contributed by atoms with E-state index in [1.807, 2.05) is 54.6 Å². The van der Waals surface area contributed by atoms with E-state index in [0.717, 1.165) is 22.0 Å².